The SMILES string of the molecule is Cc1ccccc1CNCC1CCC2(CCCC2)O1. The fourth-order valence-corrected chi connectivity index (χ4v) is 3.60. The van der Waals surface area contributed by atoms with Gasteiger partial charge in [-0.05, 0) is 43.7 Å². The normalized spacial score (nSPS) is 25.2. The minimum Gasteiger partial charge on any atom is -0.370 e. The van der Waals surface area contributed by atoms with Crippen LogP contribution in [0, 0.1) is 6.92 Å². The van der Waals surface area contributed by atoms with E-state index in [4.69, 9.17) is 4.74 Å². The van der Waals surface area contributed by atoms with Crippen molar-refractivity contribution in [2.24, 2.45) is 0 Å². The van der Waals surface area contributed by atoms with Gasteiger partial charge < -0.3 is 10.1 Å². The van der Waals surface area contributed by atoms with E-state index in [1.807, 2.05) is 0 Å². The Morgan fingerprint density at radius 2 is 2.00 bits per heavy atom. The number of benzene rings is 1. The molecule has 19 heavy (non-hydrogen) atoms. The molecule has 0 amide bonds. The smallest absolute Gasteiger partial charge is 0.0708 e. The molecule has 3 rings (SSSR count). The van der Waals surface area contributed by atoms with Gasteiger partial charge >= 0.3 is 0 Å². The molecule has 2 fully saturated rings. The predicted octanol–water partition coefficient (Wildman–Crippen LogP) is 3.58. The van der Waals surface area contributed by atoms with Crippen molar-refractivity contribution in [1.29, 1.82) is 0 Å². The summed E-state index contributed by atoms with van der Waals surface area (Å²) in [5.41, 5.74) is 3.04. The summed E-state index contributed by atoms with van der Waals surface area (Å²) in [5, 5.41) is 3.57. The molecule has 1 aromatic carbocycles. The summed E-state index contributed by atoms with van der Waals surface area (Å²) in [6.45, 7) is 4.13. The van der Waals surface area contributed by atoms with E-state index in [2.05, 4.69) is 36.5 Å². The van der Waals surface area contributed by atoms with Crippen LogP contribution in [0.4, 0.5) is 0 Å². The summed E-state index contributed by atoms with van der Waals surface area (Å²) in [6.07, 6.45) is 8.27. The molecule has 1 atom stereocenters. The lowest BCUT2D eigenvalue weighted by Gasteiger charge is -2.24. The van der Waals surface area contributed by atoms with Crippen molar-refractivity contribution in [3.63, 3.8) is 0 Å². The summed E-state index contributed by atoms with van der Waals surface area (Å²) >= 11 is 0. The van der Waals surface area contributed by atoms with Crippen LogP contribution in [0.15, 0.2) is 24.3 Å². The van der Waals surface area contributed by atoms with Crippen LogP contribution in [0.5, 0.6) is 0 Å². The Kier molecular flexibility index (Phi) is 3.90. The molecule has 2 nitrogen and oxygen atoms in total. The molecule has 1 aromatic rings. The molecule has 104 valence electrons. The Labute approximate surface area is 116 Å². The third-order valence-corrected chi connectivity index (χ3v) is 4.80. The number of rotatable bonds is 4. The fourth-order valence-electron chi connectivity index (χ4n) is 3.60. The Morgan fingerprint density at radius 3 is 2.79 bits per heavy atom. The van der Waals surface area contributed by atoms with Gasteiger partial charge in [0.05, 0.1) is 11.7 Å². The molecular weight excluding hydrogens is 234 g/mol. The van der Waals surface area contributed by atoms with Gasteiger partial charge in [-0.15, -0.1) is 0 Å². The van der Waals surface area contributed by atoms with Gasteiger partial charge in [0.1, 0.15) is 0 Å². The monoisotopic (exact) mass is 259 g/mol. The number of nitrogens with one attached hydrogen (secondary N) is 1. The molecule has 1 aliphatic heterocycles. The van der Waals surface area contributed by atoms with Gasteiger partial charge in [0, 0.05) is 13.1 Å². The average Bonchev–Trinajstić information content (AvgIpc) is 3.03. The number of hydrogen-bond acceptors (Lipinski definition) is 2. The Morgan fingerprint density at radius 1 is 1.21 bits per heavy atom. The first-order valence-corrected chi connectivity index (χ1v) is 7.70. The van der Waals surface area contributed by atoms with Crippen LogP contribution in [0.1, 0.15) is 49.7 Å². The van der Waals surface area contributed by atoms with E-state index >= 15 is 0 Å². The van der Waals surface area contributed by atoms with E-state index in [-0.39, 0.29) is 5.60 Å². The molecule has 0 aromatic heterocycles. The molecule has 1 spiro atoms. The number of ether oxygens (including phenoxy) is 1. The zero-order chi connectivity index (χ0) is 13.1. The number of aryl methyl sites for hydroxylation is 1. The van der Waals surface area contributed by atoms with Gasteiger partial charge in [-0.3, -0.25) is 0 Å². The third kappa shape index (κ3) is 3.01. The van der Waals surface area contributed by atoms with Crippen molar-refractivity contribution in [3.05, 3.63) is 35.4 Å². The summed E-state index contributed by atoms with van der Waals surface area (Å²) in [7, 11) is 0. The zero-order valence-corrected chi connectivity index (χ0v) is 12.0. The van der Waals surface area contributed by atoms with Crippen LogP contribution in [0.25, 0.3) is 0 Å². The van der Waals surface area contributed by atoms with Crippen LogP contribution < -0.4 is 5.32 Å². The molecule has 0 bridgehead atoms. The second kappa shape index (κ2) is 5.64. The molecule has 1 N–H and O–H groups in total. The van der Waals surface area contributed by atoms with E-state index in [0.717, 1.165) is 13.1 Å². The lowest BCUT2D eigenvalue weighted by Crippen LogP contribution is -2.30. The third-order valence-electron chi connectivity index (χ3n) is 4.80. The summed E-state index contributed by atoms with van der Waals surface area (Å²) in [5.74, 6) is 0. The molecule has 2 aliphatic rings. The molecule has 1 unspecified atom stereocenters. The van der Waals surface area contributed by atoms with E-state index in [1.165, 1.54) is 49.7 Å². The van der Waals surface area contributed by atoms with Crippen LogP contribution in [-0.2, 0) is 11.3 Å². The van der Waals surface area contributed by atoms with Crippen molar-refractivity contribution < 1.29 is 4.74 Å². The van der Waals surface area contributed by atoms with Crippen LogP contribution >= 0.6 is 0 Å². The minimum absolute atomic E-state index is 0.273. The molecule has 2 heteroatoms. The van der Waals surface area contributed by atoms with E-state index < -0.39 is 0 Å². The van der Waals surface area contributed by atoms with Crippen LogP contribution in [0.3, 0.4) is 0 Å². The maximum absolute atomic E-state index is 6.32. The topological polar surface area (TPSA) is 21.3 Å². The molecule has 1 heterocycles. The maximum atomic E-state index is 6.32. The highest BCUT2D eigenvalue weighted by molar-refractivity contribution is 5.25. The fraction of sp³-hybridized carbons (Fsp3) is 0.647. The summed E-state index contributed by atoms with van der Waals surface area (Å²) in [6, 6.07) is 8.60. The first-order chi connectivity index (χ1) is 9.27. The lowest BCUT2D eigenvalue weighted by molar-refractivity contribution is -0.0351. The highest BCUT2D eigenvalue weighted by atomic mass is 16.5. The molecule has 1 saturated carbocycles. The van der Waals surface area contributed by atoms with E-state index in [0.29, 0.717) is 6.10 Å². The highest BCUT2D eigenvalue weighted by Crippen LogP contribution is 2.43. The van der Waals surface area contributed by atoms with Gasteiger partial charge in [0.2, 0.25) is 0 Å². The first-order valence-electron chi connectivity index (χ1n) is 7.70. The molecule has 0 radical (unpaired) electrons. The lowest BCUT2D eigenvalue weighted by atomic mass is 9.98. The first kappa shape index (κ1) is 13.1. The largest absolute Gasteiger partial charge is 0.370 e. The molecular formula is C17H25NO. The van der Waals surface area contributed by atoms with Crippen molar-refractivity contribution in [3.8, 4) is 0 Å². The van der Waals surface area contributed by atoms with Crippen molar-refractivity contribution >= 4 is 0 Å². The quantitative estimate of drug-likeness (QED) is 0.892. The van der Waals surface area contributed by atoms with Gasteiger partial charge in [-0.25, -0.2) is 0 Å². The second-order valence-corrected chi connectivity index (χ2v) is 6.23. The second-order valence-electron chi connectivity index (χ2n) is 6.23. The summed E-state index contributed by atoms with van der Waals surface area (Å²) in [4.78, 5) is 0. The zero-order valence-electron chi connectivity index (χ0n) is 12.0. The van der Waals surface area contributed by atoms with E-state index in [1.54, 1.807) is 0 Å². The van der Waals surface area contributed by atoms with Crippen molar-refractivity contribution in [2.75, 3.05) is 6.54 Å². The predicted molar refractivity (Wildman–Crippen MR) is 78.2 cm³/mol. The minimum atomic E-state index is 0.273. The summed E-state index contributed by atoms with van der Waals surface area (Å²) < 4.78 is 6.32. The Bertz CT molecular complexity index is 423. The number of hydrogen-bond donors (Lipinski definition) is 1. The van der Waals surface area contributed by atoms with Crippen LogP contribution in [-0.4, -0.2) is 18.2 Å². The molecule has 1 aliphatic carbocycles. The average molecular weight is 259 g/mol. The van der Waals surface area contributed by atoms with Gasteiger partial charge in [0.25, 0.3) is 0 Å². The van der Waals surface area contributed by atoms with Gasteiger partial charge in [0.15, 0.2) is 0 Å². The molecule has 1 saturated heterocycles. The highest BCUT2D eigenvalue weighted by Gasteiger charge is 2.41. The van der Waals surface area contributed by atoms with Crippen molar-refractivity contribution in [2.45, 2.75) is 63.7 Å². The maximum Gasteiger partial charge on any atom is 0.0708 e. The Hall–Kier alpha value is -0.860. The van der Waals surface area contributed by atoms with Gasteiger partial charge in [-0.1, -0.05) is 37.1 Å². The Balaban J connectivity index is 1.45. The van der Waals surface area contributed by atoms with E-state index in [9.17, 15) is 0 Å². The van der Waals surface area contributed by atoms with Gasteiger partial charge in [-0.2, -0.15) is 0 Å². The standard InChI is InChI=1S/C17H25NO/c1-14-6-2-3-7-15(14)12-18-13-16-8-11-17(19-16)9-4-5-10-17/h2-3,6-7,16,18H,4-5,8-13H2,1H3. The van der Waals surface area contributed by atoms with Crippen LogP contribution in [0.2, 0.25) is 0 Å². The van der Waals surface area contributed by atoms with Crippen molar-refractivity contribution in [1.82, 2.24) is 5.32 Å².